The van der Waals surface area contributed by atoms with Crippen LogP contribution in [0.15, 0.2) is 30.3 Å². The Morgan fingerprint density at radius 3 is 2.40 bits per heavy atom. The molecule has 0 spiro atoms. The Labute approximate surface area is 121 Å². The number of rotatable bonds is 3. The zero-order chi connectivity index (χ0) is 14.5. The summed E-state index contributed by atoms with van der Waals surface area (Å²) in [6.45, 7) is 2.26. The van der Waals surface area contributed by atoms with Crippen molar-refractivity contribution in [1.82, 2.24) is 4.90 Å². The molecule has 1 aromatic rings. The maximum Gasteiger partial charge on any atom is 0.244 e. The van der Waals surface area contributed by atoms with Gasteiger partial charge in [-0.05, 0) is 37.2 Å². The molecule has 1 aliphatic carbocycles. The molecule has 0 aliphatic heterocycles. The molecular weight excluding hydrogens is 248 g/mol. The molecule has 0 N–H and O–H groups in total. The van der Waals surface area contributed by atoms with E-state index in [2.05, 4.69) is 13.0 Å². The standard InChI is InChI=1S/C17H22N2O/c1-13-8-10-15(11-9-13)19(2)17(20)16(12-18)14-6-4-3-5-7-14/h3-7,13,15-16H,8-11H2,1-2H3. The Hall–Kier alpha value is -1.82. The molecular formula is C17H22N2O. The van der Waals surface area contributed by atoms with Crippen LogP contribution < -0.4 is 0 Å². The third-order valence-electron chi connectivity index (χ3n) is 4.39. The van der Waals surface area contributed by atoms with Crippen LogP contribution in [0.5, 0.6) is 0 Å². The SMILES string of the molecule is CC1CCC(N(C)C(=O)C(C#N)c2ccccc2)CC1. The fourth-order valence-electron chi connectivity index (χ4n) is 2.93. The second-order valence-corrected chi connectivity index (χ2v) is 5.84. The molecule has 1 saturated carbocycles. The van der Waals surface area contributed by atoms with Crippen molar-refractivity contribution in [3.63, 3.8) is 0 Å². The number of carbonyl (C=O) groups is 1. The summed E-state index contributed by atoms with van der Waals surface area (Å²) >= 11 is 0. The van der Waals surface area contributed by atoms with Crippen LogP contribution in [0.25, 0.3) is 0 Å². The maximum atomic E-state index is 12.6. The number of likely N-dealkylation sites (N-methyl/N-ethyl adjacent to an activating group) is 1. The fourth-order valence-corrected chi connectivity index (χ4v) is 2.93. The molecule has 3 heteroatoms. The highest BCUT2D eigenvalue weighted by Crippen LogP contribution is 2.28. The van der Waals surface area contributed by atoms with E-state index in [0.29, 0.717) is 6.04 Å². The number of hydrogen-bond donors (Lipinski definition) is 0. The topological polar surface area (TPSA) is 44.1 Å². The molecule has 20 heavy (non-hydrogen) atoms. The van der Waals surface area contributed by atoms with Gasteiger partial charge in [-0.15, -0.1) is 0 Å². The molecule has 2 rings (SSSR count). The maximum absolute atomic E-state index is 12.6. The van der Waals surface area contributed by atoms with Gasteiger partial charge in [-0.25, -0.2) is 0 Å². The van der Waals surface area contributed by atoms with Gasteiger partial charge in [0.05, 0.1) is 6.07 Å². The molecule has 0 saturated heterocycles. The van der Waals surface area contributed by atoms with E-state index in [9.17, 15) is 10.1 Å². The highest BCUT2D eigenvalue weighted by Gasteiger charge is 2.30. The normalized spacial score (nSPS) is 23.6. The summed E-state index contributed by atoms with van der Waals surface area (Å²) in [5.74, 6) is 0.00874. The summed E-state index contributed by atoms with van der Waals surface area (Å²) in [6.07, 6.45) is 4.45. The first kappa shape index (κ1) is 14.6. The molecule has 1 amide bonds. The van der Waals surface area contributed by atoms with Crippen LogP contribution in [-0.4, -0.2) is 23.9 Å². The predicted octanol–water partition coefficient (Wildman–Crippen LogP) is 3.33. The third-order valence-corrected chi connectivity index (χ3v) is 4.39. The van der Waals surface area contributed by atoms with Crippen molar-refractivity contribution < 1.29 is 4.79 Å². The van der Waals surface area contributed by atoms with Gasteiger partial charge in [0.1, 0.15) is 5.92 Å². The number of carbonyl (C=O) groups excluding carboxylic acids is 1. The van der Waals surface area contributed by atoms with Crippen LogP contribution in [0, 0.1) is 17.2 Å². The lowest BCUT2D eigenvalue weighted by molar-refractivity contribution is -0.133. The van der Waals surface area contributed by atoms with E-state index in [1.54, 1.807) is 4.90 Å². The van der Waals surface area contributed by atoms with E-state index in [0.717, 1.165) is 24.3 Å². The summed E-state index contributed by atoms with van der Waals surface area (Å²) < 4.78 is 0. The Morgan fingerprint density at radius 1 is 1.25 bits per heavy atom. The Kier molecular flexibility index (Phi) is 4.79. The van der Waals surface area contributed by atoms with Crippen LogP contribution in [0.1, 0.15) is 44.1 Å². The quantitative estimate of drug-likeness (QED) is 0.845. The molecule has 1 atom stereocenters. The number of nitriles is 1. The average molecular weight is 270 g/mol. The van der Waals surface area contributed by atoms with Crippen LogP contribution in [0.2, 0.25) is 0 Å². The highest BCUT2D eigenvalue weighted by atomic mass is 16.2. The molecule has 0 bridgehead atoms. The minimum absolute atomic E-state index is 0.0711. The lowest BCUT2D eigenvalue weighted by Gasteiger charge is -2.34. The van der Waals surface area contributed by atoms with Gasteiger partial charge in [-0.2, -0.15) is 5.26 Å². The van der Waals surface area contributed by atoms with E-state index >= 15 is 0 Å². The lowest BCUT2D eigenvalue weighted by atomic mass is 9.86. The second kappa shape index (κ2) is 6.56. The molecule has 1 aromatic carbocycles. The molecule has 0 radical (unpaired) electrons. The van der Waals surface area contributed by atoms with Crippen molar-refractivity contribution in [2.75, 3.05) is 7.05 Å². The van der Waals surface area contributed by atoms with Crippen molar-refractivity contribution in [3.8, 4) is 6.07 Å². The lowest BCUT2D eigenvalue weighted by Crippen LogP contribution is -2.41. The third kappa shape index (κ3) is 3.19. The minimum Gasteiger partial charge on any atom is -0.341 e. The Bertz CT molecular complexity index is 483. The molecule has 1 fully saturated rings. The van der Waals surface area contributed by atoms with Crippen LogP contribution in [0.4, 0.5) is 0 Å². The van der Waals surface area contributed by atoms with E-state index < -0.39 is 5.92 Å². The number of hydrogen-bond acceptors (Lipinski definition) is 2. The van der Waals surface area contributed by atoms with E-state index in [1.807, 2.05) is 37.4 Å². The van der Waals surface area contributed by atoms with Crippen molar-refractivity contribution in [2.24, 2.45) is 5.92 Å². The second-order valence-electron chi connectivity index (χ2n) is 5.84. The Balaban J connectivity index is 2.07. The summed E-state index contributed by atoms with van der Waals surface area (Å²) in [7, 11) is 1.84. The van der Waals surface area contributed by atoms with Gasteiger partial charge in [-0.3, -0.25) is 4.79 Å². The summed E-state index contributed by atoms with van der Waals surface area (Å²) in [6, 6.07) is 11.8. The Morgan fingerprint density at radius 2 is 1.85 bits per heavy atom. The first-order valence-electron chi connectivity index (χ1n) is 7.34. The average Bonchev–Trinajstić information content (AvgIpc) is 2.49. The zero-order valence-electron chi connectivity index (χ0n) is 12.2. The van der Waals surface area contributed by atoms with Gasteiger partial charge in [0, 0.05) is 13.1 Å². The van der Waals surface area contributed by atoms with Gasteiger partial charge in [0.2, 0.25) is 5.91 Å². The molecule has 0 aromatic heterocycles. The summed E-state index contributed by atoms with van der Waals surface area (Å²) in [5, 5.41) is 9.34. The molecule has 1 aliphatic rings. The summed E-state index contributed by atoms with van der Waals surface area (Å²) in [4.78, 5) is 14.4. The fraction of sp³-hybridized carbons (Fsp3) is 0.529. The van der Waals surface area contributed by atoms with Crippen LogP contribution in [-0.2, 0) is 4.79 Å². The first-order chi connectivity index (χ1) is 9.63. The minimum atomic E-state index is -0.680. The largest absolute Gasteiger partial charge is 0.341 e. The van der Waals surface area contributed by atoms with E-state index in [-0.39, 0.29) is 5.91 Å². The smallest absolute Gasteiger partial charge is 0.244 e. The van der Waals surface area contributed by atoms with Gasteiger partial charge in [0.25, 0.3) is 0 Å². The zero-order valence-corrected chi connectivity index (χ0v) is 12.2. The van der Waals surface area contributed by atoms with Gasteiger partial charge < -0.3 is 4.90 Å². The van der Waals surface area contributed by atoms with Gasteiger partial charge in [-0.1, -0.05) is 37.3 Å². The van der Waals surface area contributed by atoms with Gasteiger partial charge in [0.15, 0.2) is 0 Å². The number of nitrogens with zero attached hydrogens (tertiary/aromatic N) is 2. The number of amides is 1. The van der Waals surface area contributed by atoms with Crippen molar-refractivity contribution in [2.45, 2.75) is 44.6 Å². The number of benzene rings is 1. The van der Waals surface area contributed by atoms with E-state index in [4.69, 9.17) is 0 Å². The molecule has 0 heterocycles. The van der Waals surface area contributed by atoms with Crippen molar-refractivity contribution in [3.05, 3.63) is 35.9 Å². The first-order valence-corrected chi connectivity index (χ1v) is 7.34. The molecule has 106 valence electrons. The summed E-state index contributed by atoms with van der Waals surface area (Å²) in [5.41, 5.74) is 0.788. The highest BCUT2D eigenvalue weighted by molar-refractivity contribution is 5.86. The monoisotopic (exact) mass is 270 g/mol. The van der Waals surface area contributed by atoms with E-state index in [1.165, 1.54) is 12.8 Å². The molecule has 3 nitrogen and oxygen atoms in total. The van der Waals surface area contributed by atoms with Crippen molar-refractivity contribution in [1.29, 1.82) is 5.26 Å². The van der Waals surface area contributed by atoms with Crippen molar-refractivity contribution >= 4 is 5.91 Å². The van der Waals surface area contributed by atoms with Gasteiger partial charge >= 0.3 is 0 Å². The van der Waals surface area contributed by atoms with Crippen LogP contribution in [0.3, 0.4) is 0 Å². The molecule has 1 unspecified atom stereocenters. The van der Waals surface area contributed by atoms with Crippen LogP contribution >= 0.6 is 0 Å². The predicted molar refractivity (Wildman–Crippen MR) is 79.0 cm³/mol.